The molecule has 0 spiro atoms. The van der Waals surface area contributed by atoms with Crippen molar-refractivity contribution in [2.75, 3.05) is 13.6 Å². The number of hydrogen-bond acceptors (Lipinski definition) is 2. The molecule has 0 aliphatic heterocycles. The number of nitrogens with one attached hydrogen (secondary N) is 1. The lowest BCUT2D eigenvalue weighted by atomic mass is 9.98. The summed E-state index contributed by atoms with van der Waals surface area (Å²) in [5, 5.41) is 3.03. The molecule has 0 atom stereocenters. The normalized spacial score (nSPS) is 12.4. The maximum atomic E-state index is 12.2. The van der Waals surface area contributed by atoms with Crippen molar-refractivity contribution in [3.8, 4) is 0 Å². The van der Waals surface area contributed by atoms with Crippen LogP contribution in [0.4, 0.5) is 0 Å². The van der Waals surface area contributed by atoms with E-state index in [1.807, 2.05) is 39.5 Å². The van der Waals surface area contributed by atoms with Crippen molar-refractivity contribution in [2.24, 2.45) is 0 Å². The lowest BCUT2D eigenvalue weighted by Gasteiger charge is -2.40. The van der Waals surface area contributed by atoms with Crippen LogP contribution in [0.15, 0.2) is 12.7 Å². The smallest absolute Gasteiger partial charge is 0.243 e. The zero-order valence-corrected chi connectivity index (χ0v) is 10.8. The number of nitrogens with zero attached hydrogens (tertiary/aromatic N) is 1. The number of carbonyl (C=O) groups is 1. The predicted octanol–water partition coefficient (Wildman–Crippen LogP) is 1.80. The standard InChI is InChI=1S/C12H24N2O/c1-8-9-14(11(2,3)4)10(15)12(5,6)13-7/h8,13H,1,9H2,2-7H3. The average Bonchev–Trinajstić information content (AvgIpc) is 2.11. The Hall–Kier alpha value is -0.830. The first kappa shape index (κ1) is 14.2. The molecule has 1 amide bonds. The second-order valence-electron chi connectivity index (χ2n) is 5.25. The minimum Gasteiger partial charge on any atom is -0.333 e. The van der Waals surface area contributed by atoms with Gasteiger partial charge in [-0.05, 0) is 41.7 Å². The first-order valence-electron chi connectivity index (χ1n) is 5.28. The Labute approximate surface area is 93.5 Å². The first-order valence-corrected chi connectivity index (χ1v) is 5.28. The molecular formula is C12H24N2O. The summed E-state index contributed by atoms with van der Waals surface area (Å²) in [6.07, 6.45) is 1.76. The summed E-state index contributed by atoms with van der Waals surface area (Å²) in [6.45, 7) is 14.1. The van der Waals surface area contributed by atoms with Crippen molar-refractivity contribution >= 4 is 5.91 Å². The molecule has 0 heterocycles. The van der Waals surface area contributed by atoms with Gasteiger partial charge in [-0.1, -0.05) is 6.08 Å². The molecule has 0 saturated carbocycles. The van der Waals surface area contributed by atoms with E-state index in [1.165, 1.54) is 0 Å². The van der Waals surface area contributed by atoms with Gasteiger partial charge in [-0.3, -0.25) is 4.79 Å². The molecule has 0 aliphatic carbocycles. The van der Waals surface area contributed by atoms with E-state index in [1.54, 1.807) is 13.1 Å². The molecular weight excluding hydrogens is 188 g/mol. The van der Waals surface area contributed by atoms with Crippen LogP contribution in [0.3, 0.4) is 0 Å². The van der Waals surface area contributed by atoms with Gasteiger partial charge in [0.2, 0.25) is 5.91 Å². The molecule has 1 N–H and O–H groups in total. The van der Waals surface area contributed by atoms with Crippen molar-refractivity contribution in [1.82, 2.24) is 10.2 Å². The molecule has 0 unspecified atom stereocenters. The van der Waals surface area contributed by atoms with Gasteiger partial charge in [-0.2, -0.15) is 0 Å². The predicted molar refractivity (Wildman–Crippen MR) is 64.8 cm³/mol. The summed E-state index contributed by atoms with van der Waals surface area (Å²) < 4.78 is 0. The fourth-order valence-corrected chi connectivity index (χ4v) is 1.23. The third kappa shape index (κ3) is 3.67. The molecule has 0 aromatic carbocycles. The van der Waals surface area contributed by atoms with Crippen LogP contribution < -0.4 is 5.32 Å². The molecule has 0 bridgehead atoms. The first-order chi connectivity index (χ1) is 6.66. The molecule has 0 fully saturated rings. The number of likely N-dealkylation sites (N-methyl/N-ethyl adjacent to an activating group) is 1. The summed E-state index contributed by atoms with van der Waals surface area (Å²) in [5.74, 6) is 0.0948. The zero-order valence-electron chi connectivity index (χ0n) is 10.8. The van der Waals surface area contributed by atoms with Crippen LogP contribution in [0.2, 0.25) is 0 Å². The lowest BCUT2D eigenvalue weighted by molar-refractivity contribution is -0.141. The average molecular weight is 212 g/mol. The van der Waals surface area contributed by atoms with E-state index in [4.69, 9.17) is 0 Å². The van der Waals surface area contributed by atoms with Crippen molar-refractivity contribution in [3.05, 3.63) is 12.7 Å². The summed E-state index contributed by atoms with van der Waals surface area (Å²) in [4.78, 5) is 14.1. The Balaban J connectivity index is 4.95. The van der Waals surface area contributed by atoms with Crippen molar-refractivity contribution in [3.63, 3.8) is 0 Å². The summed E-state index contributed by atoms with van der Waals surface area (Å²) in [6, 6.07) is 0. The highest BCUT2D eigenvalue weighted by Crippen LogP contribution is 2.18. The topological polar surface area (TPSA) is 32.3 Å². The lowest BCUT2D eigenvalue weighted by Crippen LogP contribution is -2.58. The van der Waals surface area contributed by atoms with Gasteiger partial charge >= 0.3 is 0 Å². The van der Waals surface area contributed by atoms with E-state index >= 15 is 0 Å². The molecule has 3 heteroatoms. The molecule has 0 aromatic rings. The zero-order chi connectivity index (χ0) is 12.3. The van der Waals surface area contributed by atoms with E-state index in [9.17, 15) is 4.79 Å². The van der Waals surface area contributed by atoms with Crippen LogP contribution in [0.25, 0.3) is 0 Å². The van der Waals surface area contributed by atoms with Crippen LogP contribution in [-0.4, -0.2) is 35.5 Å². The van der Waals surface area contributed by atoms with Crippen molar-refractivity contribution < 1.29 is 4.79 Å². The highest BCUT2D eigenvalue weighted by Gasteiger charge is 2.35. The van der Waals surface area contributed by atoms with Crippen LogP contribution in [0.1, 0.15) is 34.6 Å². The van der Waals surface area contributed by atoms with Gasteiger partial charge in [0.15, 0.2) is 0 Å². The van der Waals surface area contributed by atoms with Gasteiger partial charge in [0, 0.05) is 12.1 Å². The monoisotopic (exact) mass is 212 g/mol. The second-order valence-corrected chi connectivity index (χ2v) is 5.25. The quantitative estimate of drug-likeness (QED) is 0.721. The van der Waals surface area contributed by atoms with Crippen molar-refractivity contribution in [1.29, 1.82) is 0 Å². The van der Waals surface area contributed by atoms with Crippen LogP contribution >= 0.6 is 0 Å². The number of carbonyl (C=O) groups excluding carboxylic acids is 1. The van der Waals surface area contributed by atoms with Gasteiger partial charge in [-0.15, -0.1) is 6.58 Å². The molecule has 0 aliphatic rings. The Morgan fingerprint density at radius 1 is 1.33 bits per heavy atom. The fraction of sp³-hybridized carbons (Fsp3) is 0.750. The summed E-state index contributed by atoms with van der Waals surface area (Å²) in [5.41, 5.74) is -0.713. The van der Waals surface area contributed by atoms with E-state index < -0.39 is 5.54 Å². The van der Waals surface area contributed by atoms with Gasteiger partial charge in [0.25, 0.3) is 0 Å². The molecule has 88 valence electrons. The largest absolute Gasteiger partial charge is 0.333 e. The number of rotatable bonds is 4. The fourth-order valence-electron chi connectivity index (χ4n) is 1.23. The second kappa shape index (κ2) is 4.79. The molecule has 15 heavy (non-hydrogen) atoms. The highest BCUT2D eigenvalue weighted by molar-refractivity contribution is 5.86. The van der Waals surface area contributed by atoms with Crippen LogP contribution in [0, 0.1) is 0 Å². The molecule has 3 nitrogen and oxygen atoms in total. The third-order valence-corrected chi connectivity index (χ3v) is 2.53. The third-order valence-electron chi connectivity index (χ3n) is 2.53. The number of hydrogen-bond donors (Lipinski definition) is 1. The minimum absolute atomic E-state index is 0.0948. The van der Waals surface area contributed by atoms with E-state index in [-0.39, 0.29) is 11.4 Å². The van der Waals surface area contributed by atoms with Gasteiger partial charge < -0.3 is 10.2 Å². The maximum absolute atomic E-state index is 12.2. The van der Waals surface area contributed by atoms with E-state index in [0.29, 0.717) is 6.54 Å². The maximum Gasteiger partial charge on any atom is 0.243 e. The molecule has 0 aromatic heterocycles. The Bertz CT molecular complexity index is 238. The SMILES string of the molecule is C=CCN(C(=O)C(C)(C)NC)C(C)(C)C. The Kier molecular flexibility index (Phi) is 4.53. The Morgan fingerprint density at radius 3 is 2.07 bits per heavy atom. The molecule has 0 radical (unpaired) electrons. The Morgan fingerprint density at radius 2 is 1.80 bits per heavy atom. The van der Waals surface area contributed by atoms with E-state index in [2.05, 4.69) is 11.9 Å². The van der Waals surface area contributed by atoms with Crippen molar-refractivity contribution in [2.45, 2.75) is 45.7 Å². The minimum atomic E-state index is -0.531. The highest BCUT2D eigenvalue weighted by atomic mass is 16.2. The van der Waals surface area contributed by atoms with Gasteiger partial charge in [-0.25, -0.2) is 0 Å². The van der Waals surface area contributed by atoms with Crippen LogP contribution in [-0.2, 0) is 4.79 Å². The molecule has 0 rings (SSSR count). The van der Waals surface area contributed by atoms with Gasteiger partial charge in [0.05, 0.1) is 5.54 Å². The number of amides is 1. The van der Waals surface area contributed by atoms with E-state index in [0.717, 1.165) is 0 Å². The van der Waals surface area contributed by atoms with Gasteiger partial charge in [0.1, 0.15) is 0 Å². The summed E-state index contributed by atoms with van der Waals surface area (Å²) in [7, 11) is 1.80. The summed E-state index contributed by atoms with van der Waals surface area (Å²) >= 11 is 0. The molecule has 0 saturated heterocycles. The van der Waals surface area contributed by atoms with Crippen LogP contribution in [0.5, 0.6) is 0 Å².